The number of allylic oxidation sites excluding steroid dienone is 2. The lowest BCUT2D eigenvalue weighted by Crippen LogP contribution is -3.00. The SMILES string of the molecule is Cc1ccc2cc3c(nc2c1)=CC=C[C+]=3.[I-]. The van der Waals surface area contributed by atoms with E-state index in [9.17, 15) is 0 Å². The Balaban J connectivity index is 0.000000963. The van der Waals surface area contributed by atoms with Crippen LogP contribution in [0.15, 0.2) is 36.4 Å². The van der Waals surface area contributed by atoms with Crippen LogP contribution in [0.1, 0.15) is 5.56 Å². The van der Waals surface area contributed by atoms with Crippen LogP contribution in [-0.4, -0.2) is 4.98 Å². The van der Waals surface area contributed by atoms with Gasteiger partial charge in [-0.3, -0.25) is 0 Å². The van der Waals surface area contributed by atoms with Crippen molar-refractivity contribution in [1.82, 2.24) is 4.98 Å². The normalized spacial score (nSPS) is 11.8. The molecule has 2 aromatic rings. The van der Waals surface area contributed by atoms with E-state index in [1.54, 1.807) is 0 Å². The van der Waals surface area contributed by atoms with Gasteiger partial charge < -0.3 is 24.0 Å². The monoisotopic (exact) mass is 319 g/mol. The van der Waals surface area contributed by atoms with Gasteiger partial charge in [0.25, 0.3) is 0 Å². The highest BCUT2D eigenvalue weighted by atomic mass is 127. The Labute approximate surface area is 111 Å². The van der Waals surface area contributed by atoms with E-state index in [0.29, 0.717) is 0 Å². The second kappa shape index (κ2) is 4.32. The molecule has 0 saturated heterocycles. The van der Waals surface area contributed by atoms with E-state index in [1.165, 1.54) is 10.9 Å². The molecule has 0 saturated carbocycles. The van der Waals surface area contributed by atoms with Gasteiger partial charge in [-0.15, -0.1) is 0 Å². The minimum Gasteiger partial charge on any atom is -1.00 e. The van der Waals surface area contributed by atoms with Gasteiger partial charge in [-0.2, -0.15) is 4.98 Å². The van der Waals surface area contributed by atoms with E-state index in [4.69, 9.17) is 0 Å². The molecule has 0 bridgehead atoms. The Morgan fingerprint density at radius 3 is 2.94 bits per heavy atom. The van der Waals surface area contributed by atoms with Gasteiger partial charge in [-0.05, 0) is 24.6 Å². The van der Waals surface area contributed by atoms with Crippen LogP contribution in [0.4, 0.5) is 0 Å². The van der Waals surface area contributed by atoms with E-state index in [1.807, 2.05) is 18.2 Å². The highest BCUT2D eigenvalue weighted by Gasteiger charge is 2.03. The van der Waals surface area contributed by atoms with Crippen LogP contribution in [-0.2, 0) is 0 Å². The standard InChI is InChI=1S/C14H10N.HI/c1-10-6-7-12-9-11-4-2-3-5-13(11)15-14(12)8-10;/h2-3,5-9H,1H3;1H/q+1;/p-1. The van der Waals surface area contributed by atoms with E-state index in [2.05, 4.69) is 42.2 Å². The molecule has 16 heavy (non-hydrogen) atoms. The zero-order chi connectivity index (χ0) is 10.3. The van der Waals surface area contributed by atoms with Gasteiger partial charge >= 0.3 is 0 Å². The lowest BCUT2D eigenvalue weighted by atomic mass is 10.1. The summed E-state index contributed by atoms with van der Waals surface area (Å²) in [5.41, 5.74) is 2.30. The summed E-state index contributed by atoms with van der Waals surface area (Å²) in [4.78, 5) is 4.61. The molecular formula is C14H10IN. The van der Waals surface area contributed by atoms with Gasteiger partial charge in [-0.25, -0.2) is 0 Å². The fraction of sp³-hybridized carbons (Fsp3) is 0.0714. The van der Waals surface area contributed by atoms with Gasteiger partial charge in [-0.1, -0.05) is 6.07 Å². The van der Waals surface area contributed by atoms with Crippen molar-refractivity contribution in [2.24, 2.45) is 0 Å². The number of fused-ring (bicyclic) bond motifs is 2. The number of aromatic nitrogens is 1. The van der Waals surface area contributed by atoms with E-state index in [0.717, 1.165) is 16.1 Å². The average Bonchev–Trinajstić information content (AvgIpc) is 2.26. The molecular weight excluding hydrogens is 309 g/mol. The second-order valence-electron chi connectivity index (χ2n) is 3.79. The first-order valence-electron chi connectivity index (χ1n) is 5.01. The maximum atomic E-state index is 4.61. The molecule has 0 atom stereocenters. The van der Waals surface area contributed by atoms with Gasteiger partial charge in [0.05, 0.1) is 11.6 Å². The molecule has 1 aromatic carbocycles. The Kier molecular flexibility index (Phi) is 3.03. The molecule has 0 N–H and O–H groups in total. The predicted molar refractivity (Wildman–Crippen MR) is 62.7 cm³/mol. The highest BCUT2D eigenvalue weighted by Crippen LogP contribution is 2.09. The lowest BCUT2D eigenvalue weighted by Gasteiger charge is -1.95. The molecule has 0 unspecified atom stereocenters. The van der Waals surface area contributed by atoms with Crippen molar-refractivity contribution in [3.05, 3.63) is 52.5 Å². The molecule has 0 aliphatic heterocycles. The lowest BCUT2D eigenvalue weighted by molar-refractivity contribution is -0.00000299. The summed E-state index contributed by atoms with van der Waals surface area (Å²) in [6, 6.07) is 8.47. The van der Waals surface area contributed by atoms with Crippen molar-refractivity contribution in [3.63, 3.8) is 0 Å². The van der Waals surface area contributed by atoms with Crippen LogP contribution < -0.4 is 34.5 Å². The highest BCUT2D eigenvalue weighted by molar-refractivity contribution is 5.79. The van der Waals surface area contributed by atoms with E-state index < -0.39 is 0 Å². The fourth-order valence-corrected chi connectivity index (χ4v) is 1.81. The molecule has 2 heteroatoms. The van der Waals surface area contributed by atoms with Gasteiger partial charge in [0.1, 0.15) is 0 Å². The van der Waals surface area contributed by atoms with Gasteiger partial charge in [0, 0.05) is 29.7 Å². The number of aryl methyl sites for hydroxylation is 1. The Hall–Kier alpha value is -1.25. The molecule has 1 aliphatic rings. The summed E-state index contributed by atoms with van der Waals surface area (Å²) in [5.74, 6) is 0. The average molecular weight is 319 g/mol. The number of benzene rings is 1. The topological polar surface area (TPSA) is 12.9 Å². The summed E-state index contributed by atoms with van der Waals surface area (Å²) in [7, 11) is 0. The molecule has 1 nitrogen and oxygen atoms in total. The summed E-state index contributed by atoms with van der Waals surface area (Å²) in [6.45, 7) is 2.09. The van der Waals surface area contributed by atoms with Crippen molar-refractivity contribution in [2.75, 3.05) is 0 Å². The maximum Gasteiger partial charge on any atom is 0.174 e. The number of hydrogen-bond acceptors (Lipinski definition) is 1. The van der Waals surface area contributed by atoms with Crippen molar-refractivity contribution in [3.8, 4) is 0 Å². The molecule has 1 aromatic heterocycles. The van der Waals surface area contributed by atoms with E-state index in [-0.39, 0.29) is 24.0 Å². The minimum atomic E-state index is 0. The van der Waals surface area contributed by atoms with Crippen LogP contribution in [0.25, 0.3) is 23.1 Å². The molecule has 0 amide bonds. The van der Waals surface area contributed by atoms with E-state index >= 15 is 0 Å². The third-order valence-corrected chi connectivity index (χ3v) is 2.59. The summed E-state index contributed by atoms with van der Waals surface area (Å²) >= 11 is 0. The first-order valence-corrected chi connectivity index (χ1v) is 5.01. The third-order valence-electron chi connectivity index (χ3n) is 2.59. The molecule has 0 fully saturated rings. The first kappa shape index (κ1) is 11.2. The van der Waals surface area contributed by atoms with Crippen molar-refractivity contribution in [2.45, 2.75) is 6.92 Å². The summed E-state index contributed by atoms with van der Waals surface area (Å²) in [5, 5.41) is 3.26. The molecule has 1 heterocycles. The van der Waals surface area contributed by atoms with Crippen molar-refractivity contribution < 1.29 is 24.0 Å². The Morgan fingerprint density at radius 2 is 2.06 bits per heavy atom. The van der Waals surface area contributed by atoms with Crippen LogP contribution >= 0.6 is 0 Å². The largest absolute Gasteiger partial charge is 1.00 e. The number of halogens is 1. The molecule has 1 aliphatic carbocycles. The number of rotatable bonds is 0. The third kappa shape index (κ3) is 1.86. The second-order valence-corrected chi connectivity index (χ2v) is 3.79. The van der Waals surface area contributed by atoms with Crippen molar-refractivity contribution >= 4 is 23.1 Å². The predicted octanol–water partition coefficient (Wildman–Crippen LogP) is -1.44. The minimum absolute atomic E-state index is 0. The zero-order valence-corrected chi connectivity index (χ0v) is 11.0. The zero-order valence-electron chi connectivity index (χ0n) is 8.87. The fourth-order valence-electron chi connectivity index (χ4n) is 1.81. The first-order chi connectivity index (χ1) is 7.33. The van der Waals surface area contributed by atoms with Gasteiger partial charge in [0.15, 0.2) is 10.6 Å². The van der Waals surface area contributed by atoms with Gasteiger partial charge in [0.2, 0.25) is 0 Å². The summed E-state index contributed by atoms with van der Waals surface area (Å²) < 4.78 is 0. The maximum absolute atomic E-state index is 4.61. The van der Waals surface area contributed by atoms with Crippen LogP contribution in [0.5, 0.6) is 0 Å². The summed E-state index contributed by atoms with van der Waals surface area (Å²) in [6.07, 6.45) is 9.11. The van der Waals surface area contributed by atoms with Crippen LogP contribution in [0, 0.1) is 6.92 Å². The molecule has 3 rings (SSSR count). The molecule has 78 valence electrons. The number of pyridine rings is 1. The van der Waals surface area contributed by atoms with Crippen LogP contribution in [0.3, 0.4) is 0 Å². The van der Waals surface area contributed by atoms with Crippen LogP contribution in [0.2, 0.25) is 0 Å². The Morgan fingerprint density at radius 1 is 1.19 bits per heavy atom. The quantitative estimate of drug-likeness (QED) is 0.428. The molecule has 0 spiro atoms. The number of nitrogens with zero attached hydrogens (tertiary/aromatic N) is 1. The smallest absolute Gasteiger partial charge is 0.174 e. The van der Waals surface area contributed by atoms with Crippen molar-refractivity contribution in [1.29, 1.82) is 0 Å². The Bertz CT molecular complexity index is 684. The molecule has 0 radical (unpaired) electrons. The number of hydrogen-bond donors (Lipinski definition) is 0.